The molecule has 1 fully saturated rings. The average Bonchev–Trinajstić information content (AvgIpc) is 3.07. The van der Waals surface area contributed by atoms with Gasteiger partial charge in [-0.3, -0.25) is 0 Å². The van der Waals surface area contributed by atoms with Gasteiger partial charge in [-0.15, -0.1) is 11.6 Å². The Labute approximate surface area is 124 Å². The Hall–Kier alpha value is -1.13. The van der Waals surface area contributed by atoms with E-state index in [-0.39, 0.29) is 5.38 Å². The van der Waals surface area contributed by atoms with E-state index in [1.54, 1.807) is 6.20 Å². The summed E-state index contributed by atoms with van der Waals surface area (Å²) < 4.78 is 8.03. The highest BCUT2D eigenvalue weighted by Gasteiger charge is 2.18. The second kappa shape index (κ2) is 6.10. The van der Waals surface area contributed by atoms with Crippen molar-refractivity contribution in [3.05, 3.63) is 24.2 Å². The van der Waals surface area contributed by atoms with Crippen molar-refractivity contribution in [3.8, 4) is 0 Å². The lowest BCUT2D eigenvalue weighted by Gasteiger charge is -2.13. The molecule has 3 rings (SSSR count). The summed E-state index contributed by atoms with van der Waals surface area (Å²) in [6.45, 7) is 3.40. The first-order chi connectivity index (χ1) is 9.75. The second-order valence-electron chi connectivity index (χ2n) is 5.36. The number of ether oxygens (including phenoxy) is 1. The zero-order chi connectivity index (χ0) is 13.9. The SMILES string of the molecule is CC(Cl)c1nc2cccnc2n1CCOC1CCCC1. The number of hydrogen-bond acceptors (Lipinski definition) is 3. The third kappa shape index (κ3) is 2.81. The average molecular weight is 294 g/mol. The van der Waals surface area contributed by atoms with Gasteiger partial charge in [0.25, 0.3) is 0 Å². The van der Waals surface area contributed by atoms with Gasteiger partial charge in [-0.1, -0.05) is 12.8 Å². The van der Waals surface area contributed by atoms with Crippen LogP contribution in [0.25, 0.3) is 11.2 Å². The minimum Gasteiger partial charge on any atom is -0.376 e. The van der Waals surface area contributed by atoms with Crippen molar-refractivity contribution in [2.24, 2.45) is 0 Å². The Bertz CT molecular complexity index is 576. The number of alkyl halides is 1. The molecule has 1 aliphatic rings. The van der Waals surface area contributed by atoms with Crippen LogP contribution in [-0.2, 0) is 11.3 Å². The molecule has 0 bridgehead atoms. The lowest BCUT2D eigenvalue weighted by atomic mass is 10.3. The molecule has 0 aliphatic heterocycles. The van der Waals surface area contributed by atoms with Crippen LogP contribution in [0.15, 0.2) is 18.3 Å². The van der Waals surface area contributed by atoms with Crippen molar-refractivity contribution in [2.75, 3.05) is 6.61 Å². The quantitative estimate of drug-likeness (QED) is 0.789. The molecule has 4 nitrogen and oxygen atoms in total. The van der Waals surface area contributed by atoms with Crippen LogP contribution in [-0.4, -0.2) is 27.2 Å². The first kappa shape index (κ1) is 13.8. The normalized spacial score (nSPS) is 17.9. The highest BCUT2D eigenvalue weighted by Crippen LogP contribution is 2.24. The van der Waals surface area contributed by atoms with Gasteiger partial charge in [0.05, 0.1) is 18.1 Å². The molecular weight excluding hydrogens is 274 g/mol. The molecule has 20 heavy (non-hydrogen) atoms. The van der Waals surface area contributed by atoms with Crippen LogP contribution in [0.2, 0.25) is 0 Å². The topological polar surface area (TPSA) is 39.9 Å². The van der Waals surface area contributed by atoms with Crippen LogP contribution < -0.4 is 0 Å². The van der Waals surface area contributed by atoms with Gasteiger partial charge in [0.1, 0.15) is 11.3 Å². The summed E-state index contributed by atoms with van der Waals surface area (Å²) in [6.07, 6.45) is 7.22. The Balaban J connectivity index is 1.76. The molecule has 1 unspecified atom stereocenters. The van der Waals surface area contributed by atoms with E-state index in [2.05, 4.69) is 14.5 Å². The molecule has 1 aliphatic carbocycles. The van der Waals surface area contributed by atoms with Gasteiger partial charge in [-0.25, -0.2) is 9.97 Å². The van der Waals surface area contributed by atoms with Crippen LogP contribution in [0.3, 0.4) is 0 Å². The van der Waals surface area contributed by atoms with E-state index in [1.165, 1.54) is 25.7 Å². The Morgan fingerprint density at radius 2 is 2.25 bits per heavy atom. The number of rotatable bonds is 5. The van der Waals surface area contributed by atoms with E-state index in [0.29, 0.717) is 12.7 Å². The number of aromatic nitrogens is 3. The van der Waals surface area contributed by atoms with Gasteiger partial charge in [0.15, 0.2) is 5.65 Å². The minimum atomic E-state index is -0.129. The second-order valence-corrected chi connectivity index (χ2v) is 6.02. The molecule has 108 valence electrons. The van der Waals surface area contributed by atoms with Gasteiger partial charge in [-0.05, 0) is 31.9 Å². The van der Waals surface area contributed by atoms with Crippen LogP contribution in [0, 0.1) is 0 Å². The number of halogens is 1. The molecule has 0 saturated heterocycles. The van der Waals surface area contributed by atoms with Gasteiger partial charge in [-0.2, -0.15) is 0 Å². The van der Waals surface area contributed by atoms with E-state index in [1.807, 2.05) is 19.1 Å². The predicted octanol–water partition coefficient (Wildman–Crippen LogP) is 3.69. The van der Waals surface area contributed by atoms with Crippen molar-refractivity contribution >= 4 is 22.8 Å². The summed E-state index contributed by atoms with van der Waals surface area (Å²) in [6, 6.07) is 3.87. The predicted molar refractivity (Wildman–Crippen MR) is 80.0 cm³/mol. The van der Waals surface area contributed by atoms with Crippen LogP contribution in [0.4, 0.5) is 0 Å². The fraction of sp³-hybridized carbons (Fsp3) is 0.600. The van der Waals surface area contributed by atoms with Crippen molar-refractivity contribution in [3.63, 3.8) is 0 Å². The maximum atomic E-state index is 6.23. The van der Waals surface area contributed by atoms with Crippen molar-refractivity contribution in [1.82, 2.24) is 14.5 Å². The van der Waals surface area contributed by atoms with Crippen LogP contribution in [0.1, 0.15) is 43.8 Å². The number of imidazole rings is 1. The number of fused-ring (bicyclic) bond motifs is 1. The van der Waals surface area contributed by atoms with E-state index < -0.39 is 0 Å². The zero-order valence-corrected chi connectivity index (χ0v) is 12.5. The first-order valence-electron chi connectivity index (χ1n) is 7.32. The fourth-order valence-corrected chi connectivity index (χ4v) is 3.03. The Morgan fingerprint density at radius 1 is 1.45 bits per heavy atom. The molecule has 0 spiro atoms. The smallest absolute Gasteiger partial charge is 0.160 e. The third-order valence-electron chi connectivity index (χ3n) is 3.86. The summed E-state index contributed by atoms with van der Waals surface area (Å²) in [5.41, 5.74) is 1.79. The molecular formula is C15H20ClN3O. The van der Waals surface area contributed by atoms with Crippen molar-refractivity contribution in [1.29, 1.82) is 0 Å². The standard InChI is InChI=1S/C15H20ClN3O/c1-11(16)14-18-13-7-4-8-17-15(13)19(14)9-10-20-12-5-2-3-6-12/h4,7-8,11-12H,2-3,5-6,9-10H2,1H3. The van der Waals surface area contributed by atoms with Gasteiger partial charge >= 0.3 is 0 Å². The molecule has 2 aromatic heterocycles. The monoisotopic (exact) mass is 293 g/mol. The lowest BCUT2D eigenvalue weighted by molar-refractivity contribution is 0.0530. The van der Waals surface area contributed by atoms with Gasteiger partial charge in [0.2, 0.25) is 0 Å². The van der Waals surface area contributed by atoms with Gasteiger partial charge in [0, 0.05) is 12.7 Å². The zero-order valence-electron chi connectivity index (χ0n) is 11.8. The van der Waals surface area contributed by atoms with Crippen LogP contribution >= 0.6 is 11.6 Å². The number of hydrogen-bond donors (Lipinski definition) is 0. The Kier molecular flexibility index (Phi) is 4.22. The van der Waals surface area contributed by atoms with E-state index in [0.717, 1.165) is 23.5 Å². The van der Waals surface area contributed by atoms with E-state index >= 15 is 0 Å². The lowest BCUT2D eigenvalue weighted by Crippen LogP contribution is -2.15. The minimum absolute atomic E-state index is 0.129. The number of nitrogens with zero attached hydrogens (tertiary/aromatic N) is 3. The largest absolute Gasteiger partial charge is 0.376 e. The Morgan fingerprint density at radius 3 is 3.00 bits per heavy atom. The molecule has 0 N–H and O–H groups in total. The molecule has 0 aromatic carbocycles. The summed E-state index contributed by atoms with van der Waals surface area (Å²) in [4.78, 5) is 9.00. The highest BCUT2D eigenvalue weighted by atomic mass is 35.5. The first-order valence-corrected chi connectivity index (χ1v) is 7.76. The maximum Gasteiger partial charge on any atom is 0.160 e. The summed E-state index contributed by atoms with van der Waals surface area (Å²) in [7, 11) is 0. The fourth-order valence-electron chi connectivity index (χ4n) is 2.87. The third-order valence-corrected chi connectivity index (χ3v) is 4.05. The molecule has 0 amide bonds. The number of pyridine rings is 1. The van der Waals surface area contributed by atoms with Gasteiger partial charge < -0.3 is 9.30 Å². The molecule has 5 heteroatoms. The van der Waals surface area contributed by atoms with E-state index in [4.69, 9.17) is 16.3 Å². The molecule has 0 radical (unpaired) electrons. The van der Waals surface area contributed by atoms with E-state index in [9.17, 15) is 0 Å². The molecule has 1 atom stereocenters. The summed E-state index contributed by atoms with van der Waals surface area (Å²) in [5.74, 6) is 0.871. The highest BCUT2D eigenvalue weighted by molar-refractivity contribution is 6.20. The van der Waals surface area contributed by atoms with Crippen LogP contribution in [0.5, 0.6) is 0 Å². The van der Waals surface area contributed by atoms with Crippen molar-refractivity contribution in [2.45, 2.75) is 50.6 Å². The molecule has 2 aromatic rings. The summed E-state index contributed by atoms with van der Waals surface area (Å²) >= 11 is 6.23. The maximum absolute atomic E-state index is 6.23. The van der Waals surface area contributed by atoms with Crippen molar-refractivity contribution < 1.29 is 4.74 Å². The molecule has 1 saturated carbocycles. The molecule has 2 heterocycles. The summed E-state index contributed by atoms with van der Waals surface area (Å²) in [5, 5.41) is -0.129.